The van der Waals surface area contributed by atoms with Gasteiger partial charge in [0.25, 0.3) is 0 Å². The average Bonchev–Trinajstić information content (AvgIpc) is 2.35. The van der Waals surface area contributed by atoms with Crippen LogP contribution >= 0.6 is 0 Å². The molecular formula is C12H14N2O4S. The van der Waals surface area contributed by atoms with Gasteiger partial charge in [-0.05, 0) is 18.6 Å². The molecule has 0 spiro atoms. The molecule has 0 heterocycles. The molecule has 0 aliphatic rings. The van der Waals surface area contributed by atoms with Gasteiger partial charge in [0, 0.05) is 13.0 Å². The van der Waals surface area contributed by atoms with Crippen molar-refractivity contribution >= 4 is 21.7 Å². The van der Waals surface area contributed by atoms with Crippen molar-refractivity contribution in [1.29, 1.82) is 5.26 Å². The number of aliphatic carboxylic acids is 1. The Morgan fingerprint density at radius 3 is 2.47 bits per heavy atom. The maximum absolute atomic E-state index is 12.0. The van der Waals surface area contributed by atoms with Crippen molar-refractivity contribution in [3.05, 3.63) is 30.3 Å². The number of nitriles is 1. The molecule has 19 heavy (non-hydrogen) atoms. The van der Waals surface area contributed by atoms with Gasteiger partial charge >= 0.3 is 5.97 Å². The first-order valence-corrected chi connectivity index (χ1v) is 7.22. The topological polar surface area (TPSA) is 98.5 Å². The molecule has 7 heteroatoms. The van der Waals surface area contributed by atoms with Crippen LogP contribution in [0.1, 0.15) is 12.8 Å². The fraction of sp³-hybridized carbons (Fsp3) is 0.333. The number of nitrogens with zero attached hydrogens (tertiary/aromatic N) is 2. The molecule has 0 saturated heterocycles. The minimum Gasteiger partial charge on any atom is -0.481 e. The van der Waals surface area contributed by atoms with Crippen molar-refractivity contribution in [3.8, 4) is 6.07 Å². The van der Waals surface area contributed by atoms with Crippen molar-refractivity contribution < 1.29 is 18.3 Å². The second-order valence-electron chi connectivity index (χ2n) is 3.82. The summed E-state index contributed by atoms with van der Waals surface area (Å²) in [5.41, 5.74) is 0.433. The second-order valence-corrected chi connectivity index (χ2v) is 5.71. The van der Waals surface area contributed by atoms with Crippen LogP contribution in [0.4, 0.5) is 5.69 Å². The van der Waals surface area contributed by atoms with E-state index in [2.05, 4.69) is 0 Å². The van der Waals surface area contributed by atoms with Crippen molar-refractivity contribution in [3.63, 3.8) is 0 Å². The third-order valence-corrected chi connectivity index (χ3v) is 3.94. The predicted molar refractivity (Wildman–Crippen MR) is 70.1 cm³/mol. The molecule has 0 unspecified atom stereocenters. The van der Waals surface area contributed by atoms with Crippen LogP contribution in [0.5, 0.6) is 0 Å². The van der Waals surface area contributed by atoms with Crippen LogP contribution in [0, 0.1) is 11.3 Å². The van der Waals surface area contributed by atoms with E-state index in [-0.39, 0.29) is 19.4 Å². The van der Waals surface area contributed by atoms with Gasteiger partial charge < -0.3 is 5.11 Å². The Kier molecular flexibility index (Phi) is 5.33. The predicted octanol–water partition coefficient (Wildman–Crippen LogP) is 1.21. The van der Waals surface area contributed by atoms with Gasteiger partial charge in [-0.25, -0.2) is 8.42 Å². The lowest BCUT2D eigenvalue weighted by Crippen LogP contribution is -2.33. The van der Waals surface area contributed by atoms with Gasteiger partial charge in [0.1, 0.15) is 0 Å². The lowest BCUT2D eigenvalue weighted by molar-refractivity contribution is -0.137. The van der Waals surface area contributed by atoms with E-state index in [1.165, 1.54) is 0 Å². The molecule has 102 valence electrons. The molecule has 0 bridgehead atoms. The molecule has 0 radical (unpaired) electrons. The van der Waals surface area contributed by atoms with Crippen LogP contribution in [0.2, 0.25) is 0 Å². The fourth-order valence-corrected chi connectivity index (χ4v) is 2.73. The van der Waals surface area contributed by atoms with Crippen molar-refractivity contribution in [2.75, 3.05) is 16.6 Å². The Morgan fingerprint density at radius 2 is 1.95 bits per heavy atom. The van der Waals surface area contributed by atoms with Gasteiger partial charge in [0.15, 0.2) is 5.75 Å². The lowest BCUT2D eigenvalue weighted by atomic mass is 10.3. The van der Waals surface area contributed by atoms with E-state index in [1.54, 1.807) is 36.4 Å². The summed E-state index contributed by atoms with van der Waals surface area (Å²) in [5.74, 6) is -1.61. The zero-order chi connectivity index (χ0) is 14.3. The van der Waals surface area contributed by atoms with Gasteiger partial charge in [-0.3, -0.25) is 9.10 Å². The summed E-state index contributed by atoms with van der Waals surface area (Å²) in [7, 11) is -3.74. The second kappa shape index (κ2) is 6.75. The molecule has 0 saturated carbocycles. The van der Waals surface area contributed by atoms with Gasteiger partial charge in [-0.2, -0.15) is 5.26 Å². The maximum Gasteiger partial charge on any atom is 0.303 e. The van der Waals surface area contributed by atoms with Crippen LogP contribution in [0.3, 0.4) is 0 Å². The van der Waals surface area contributed by atoms with E-state index >= 15 is 0 Å². The van der Waals surface area contributed by atoms with Crippen LogP contribution in [0.15, 0.2) is 30.3 Å². The standard InChI is InChI=1S/C12H14N2O4S/c13-8-10-19(17,18)14(9-4-7-12(15)16)11-5-2-1-3-6-11/h1-3,5-6H,4,7,9-10H2,(H,15,16). The highest BCUT2D eigenvalue weighted by Crippen LogP contribution is 2.18. The summed E-state index contributed by atoms with van der Waals surface area (Å²) < 4.78 is 25.0. The van der Waals surface area contributed by atoms with Gasteiger partial charge in [-0.1, -0.05) is 18.2 Å². The van der Waals surface area contributed by atoms with E-state index in [9.17, 15) is 13.2 Å². The Labute approximate surface area is 111 Å². The molecule has 0 fully saturated rings. The molecule has 0 atom stereocenters. The summed E-state index contributed by atoms with van der Waals surface area (Å²) in [6, 6.07) is 9.93. The van der Waals surface area contributed by atoms with Crippen LogP contribution in [-0.2, 0) is 14.8 Å². The Balaban J connectivity index is 2.93. The molecular weight excluding hydrogens is 268 g/mol. The van der Waals surface area contributed by atoms with Crippen LogP contribution in [0.25, 0.3) is 0 Å². The molecule has 1 aromatic rings. The number of carbonyl (C=O) groups is 1. The van der Waals surface area contributed by atoms with Gasteiger partial charge in [-0.15, -0.1) is 0 Å². The molecule has 1 aromatic carbocycles. The number of sulfonamides is 1. The minimum absolute atomic E-state index is 0.0420. The van der Waals surface area contributed by atoms with Crippen molar-refractivity contribution in [2.45, 2.75) is 12.8 Å². The SMILES string of the molecule is N#CCS(=O)(=O)N(CCCC(=O)O)c1ccccc1. The number of hydrogen-bond donors (Lipinski definition) is 1. The van der Waals surface area contributed by atoms with Crippen molar-refractivity contribution in [2.24, 2.45) is 0 Å². The first-order chi connectivity index (χ1) is 8.97. The average molecular weight is 282 g/mol. The smallest absolute Gasteiger partial charge is 0.303 e. The number of carboxylic acids is 1. The van der Waals surface area contributed by atoms with E-state index in [4.69, 9.17) is 10.4 Å². The third-order valence-electron chi connectivity index (χ3n) is 2.38. The van der Waals surface area contributed by atoms with Gasteiger partial charge in [0.05, 0.1) is 11.8 Å². The summed E-state index contributed by atoms with van der Waals surface area (Å²) in [6.07, 6.45) is 0.0697. The molecule has 1 N–H and O–H groups in total. The molecule has 1 rings (SSSR count). The number of rotatable bonds is 7. The lowest BCUT2D eigenvalue weighted by Gasteiger charge is -2.22. The number of hydrogen-bond acceptors (Lipinski definition) is 4. The number of para-hydroxylation sites is 1. The molecule has 0 aliphatic heterocycles. The zero-order valence-corrected chi connectivity index (χ0v) is 11.0. The summed E-state index contributed by atoms with van der Waals surface area (Å²) in [6.45, 7) is 0.0420. The van der Waals surface area contributed by atoms with E-state index in [0.29, 0.717) is 5.69 Å². The van der Waals surface area contributed by atoms with Gasteiger partial charge in [0.2, 0.25) is 10.0 Å². The quantitative estimate of drug-likeness (QED) is 0.810. The summed E-state index contributed by atoms with van der Waals surface area (Å²) in [4.78, 5) is 10.5. The highest BCUT2D eigenvalue weighted by Gasteiger charge is 2.21. The molecule has 0 aliphatic carbocycles. The largest absolute Gasteiger partial charge is 0.481 e. The maximum atomic E-state index is 12.0. The van der Waals surface area contributed by atoms with Crippen molar-refractivity contribution in [1.82, 2.24) is 0 Å². The highest BCUT2D eigenvalue weighted by molar-refractivity contribution is 7.93. The first kappa shape index (κ1) is 15.0. The third kappa shape index (κ3) is 4.60. The normalized spacial score (nSPS) is 10.7. The molecule has 0 amide bonds. The molecule has 0 aromatic heterocycles. The highest BCUT2D eigenvalue weighted by atomic mass is 32.2. The number of anilines is 1. The van der Waals surface area contributed by atoms with Crippen LogP contribution in [-0.4, -0.2) is 31.8 Å². The van der Waals surface area contributed by atoms with E-state index in [0.717, 1.165) is 4.31 Å². The zero-order valence-electron chi connectivity index (χ0n) is 10.2. The monoisotopic (exact) mass is 282 g/mol. The number of carboxylic acid groups (broad SMARTS) is 1. The Morgan fingerprint density at radius 1 is 1.32 bits per heavy atom. The summed E-state index contributed by atoms with van der Waals surface area (Å²) >= 11 is 0. The number of benzene rings is 1. The van der Waals surface area contributed by atoms with E-state index in [1.807, 2.05) is 0 Å². The van der Waals surface area contributed by atoms with Crippen LogP contribution < -0.4 is 4.31 Å². The fourth-order valence-electron chi connectivity index (χ4n) is 1.56. The minimum atomic E-state index is -3.74. The van der Waals surface area contributed by atoms with E-state index < -0.39 is 21.7 Å². The summed E-state index contributed by atoms with van der Waals surface area (Å²) in [5, 5.41) is 17.1. The first-order valence-electron chi connectivity index (χ1n) is 5.61. The molecule has 6 nitrogen and oxygen atoms in total. The Hall–Kier alpha value is -2.07. The Bertz CT molecular complexity index is 563.